The van der Waals surface area contributed by atoms with Crippen molar-refractivity contribution < 1.29 is 9.21 Å². The molecule has 1 saturated carbocycles. The van der Waals surface area contributed by atoms with Crippen LogP contribution in [0.5, 0.6) is 0 Å². The third-order valence-electron chi connectivity index (χ3n) is 4.83. The van der Waals surface area contributed by atoms with E-state index in [2.05, 4.69) is 48.5 Å². The topological polar surface area (TPSA) is 45.5 Å². The maximum atomic E-state index is 11.9. The standard InChI is InChI=1S/C22H28N2O2/c1-17-15-20(17)21-11-9-19(26-21)10-12-22(25)23-13-6-14-24(2)16-18-7-4-3-5-8-18/h3-5,7-12,17,20H,6,13-16H2,1-2H3,(H,23,25)/b12-10+/t17-,20+/m0/s1. The molecule has 1 aliphatic carbocycles. The summed E-state index contributed by atoms with van der Waals surface area (Å²) in [6.45, 7) is 4.77. The van der Waals surface area contributed by atoms with E-state index < -0.39 is 0 Å². The molecule has 1 aromatic heterocycles. The molecule has 0 saturated heterocycles. The Hall–Kier alpha value is -2.33. The van der Waals surface area contributed by atoms with Gasteiger partial charge in [-0.3, -0.25) is 4.79 Å². The van der Waals surface area contributed by atoms with Crippen LogP contribution >= 0.6 is 0 Å². The molecule has 3 rings (SSSR count). The molecule has 0 aliphatic heterocycles. The van der Waals surface area contributed by atoms with Crippen LogP contribution in [0.4, 0.5) is 0 Å². The van der Waals surface area contributed by atoms with E-state index >= 15 is 0 Å². The van der Waals surface area contributed by atoms with Crippen LogP contribution in [-0.4, -0.2) is 30.9 Å². The summed E-state index contributed by atoms with van der Waals surface area (Å²) >= 11 is 0. The first-order chi connectivity index (χ1) is 12.6. The lowest BCUT2D eigenvalue weighted by Gasteiger charge is -2.16. The highest BCUT2D eigenvalue weighted by Gasteiger charge is 2.36. The van der Waals surface area contributed by atoms with E-state index in [-0.39, 0.29) is 5.91 Å². The fourth-order valence-corrected chi connectivity index (χ4v) is 3.13. The van der Waals surface area contributed by atoms with Gasteiger partial charge in [-0.15, -0.1) is 0 Å². The van der Waals surface area contributed by atoms with Gasteiger partial charge in [0.05, 0.1) is 0 Å². The Kier molecular flexibility index (Phi) is 6.29. The summed E-state index contributed by atoms with van der Waals surface area (Å²) in [7, 11) is 2.10. The van der Waals surface area contributed by atoms with Gasteiger partial charge in [0, 0.05) is 25.1 Å². The van der Waals surface area contributed by atoms with Crippen molar-refractivity contribution in [2.24, 2.45) is 5.92 Å². The molecule has 1 fully saturated rings. The fraction of sp³-hybridized carbons (Fsp3) is 0.409. The van der Waals surface area contributed by atoms with Gasteiger partial charge in [-0.1, -0.05) is 37.3 Å². The molecule has 4 nitrogen and oxygen atoms in total. The monoisotopic (exact) mass is 352 g/mol. The zero-order valence-corrected chi connectivity index (χ0v) is 15.7. The normalized spacial score (nSPS) is 19.2. The first kappa shape index (κ1) is 18.5. The average Bonchev–Trinajstić information content (AvgIpc) is 3.18. The van der Waals surface area contributed by atoms with E-state index in [0.29, 0.717) is 12.5 Å². The van der Waals surface area contributed by atoms with Crippen LogP contribution in [0.2, 0.25) is 0 Å². The second-order valence-electron chi connectivity index (χ2n) is 7.26. The minimum Gasteiger partial charge on any atom is -0.461 e. The van der Waals surface area contributed by atoms with Crippen LogP contribution in [0.15, 0.2) is 53.0 Å². The van der Waals surface area contributed by atoms with Gasteiger partial charge in [-0.05, 0) is 56.1 Å². The maximum absolute atomic E-state index is 11.9. The number of hydrogen-bond donors (Lipinski definition) is 1. The number of amides is 1. The zero-order chi connectivity index (χ0) is 18.4. The van der Waals surface area contributed by atoms with Crippen molar-refractivity contribution in [2.75, 3.05) is 20.1 Å². The second kappa shape index (κ2) is 8.86. The summed E-state index contributed by atoms with van der Waals surface area (Å²) < 4.78 is 5.77. The third-order valence-corrected chi connectivity index (χ3v) is 4.83. The molecule has 4 heteroatoms. The van der Waals surface area contributed by atoms with Crippen molar-refractivity contribution in [1.29, 1.82) is 0 Å². The predicted octanol–water partition coefficient (Wildman–Crippen LogP) is 4.05. The van der Waals surface area contributed by atoms with E-state index in [1.807, 2.05) is 18.2 Å². The first-order valence-corrected chi connectivity index (χ1v) is 9.40. The number of hydrogen-bond acceptors (Lipinski definition) is 3. The lowest BCUT2D eigenvalue weighted by molar-refractivity contribution is -0.116. The molecule has 26 heavy (non-hydrogen) atoms. The molecule has 0 radical (unpaired) electrons. The number of nitrogens with zero attached hydrogens (tertiary/aromatic N) is 1. The zero-order valence-electron chi connectivity index (χ0n) is 15.7. The van der Waals surface area contributed by atoms with E-state index in [0.717, 1.165) is 36.9 Å². The van der Waals surface area contributed by atoms with Gasteiger partial charge < -0.3 is 14.6 Å². The Morgan fingerprint density at radius 1 is 1.27 bits per heavy atom. The van der Waals surface area contributed by atoms with Gasteiger partial charge in [-0.25, -0.2) is 0 Å². The van der Waals surface area contributed by atoms with Crippen LogP contribution in [0.3, 0.4) is 0 Å². The quantitative estimate of drug-likeness (QED) is 0.547. The average molecular weight is 352 g/mol. The largest absolute Gasteiger partial charge is 0.461 e. The lowest BCUT2D eigenvalue weighted by atomic mass is 10.2. The number of rotatable bonds is 9. The van der Waals surface area contributed by atoms with E-state index in [9.17, 15) is 4.79 Å². The molecule has 138 valence electrons. The molecule has 0 bridgehead atoms. The van der Waals surface area contributed by atoms with Crippen molar-refractivity contribution >= 4 is 12.0 Å². The molecule has 1 amide bonds. The number of nitrogens with one attached hydrogen (secondary N) is 1. The highest BCUT2D eigenvalue weighted by molar-refractivity contribution is 5.91. The van der Waals surface area contributed by atoms with E-state index in [1.165, 1.54) is 12.0 Å². The number of furan rings is 1. The van der Waals surface area contributed by atoms with Crippen molar-refractivity contribution in [3.8, 4) is 0 Å². The molecular weight excluding hydrogens is 324 g/mol. The highest BCUT2D eigenvalue weighted by Crippen LogP contribution is 2.47. The molecule has 2 atom stereocenters. The Balaban J connectivity index is 1.32. The Morgan fingerprint density at radius 2 is 2.04 bits per heavy atom. The number of benzene rings is 1. The van der Waals surface area contributed by atoms with Gasteiger partial charge in [0.1, 0.15) is 11.5 Å². The Bertz CT molecular complexity index is 736. The van der Waals surface area contributed by atoms with Crippen molar-refractivity contribution in [1.82, 2.24) is 10.2 Å². The molecule has 1 aliphatic rings. The Labute approximate surface area is 155 Å². The molecule has 0 unspecified atom stereocenters. The lowest BCUT2D eigenvalue weighted by Crippen LogP contribution is -2.26. The van der Waals surface area contributed by atoms with Crippen LogP contribution in [0.25, 0.3) is 6.08 Å². The summed E-state index contributed by atoms with van der Waals surface area (Å²) in [5.41, 5.74) is 1.31. The Morgan fingerprint density at radius 3 is 2.77 bits per heavy atom. The van der Waals surface area contributed by atoms with E-state index in [1.54, 1.807) is 12.2 Å². The predicted molar refractivity (Wildman–Crippen MR) is 105 cm³/mol. The van der Waals surface area contributed by atoms with Crippen molar-refractivity contribution in [3.05, 3.63) is 65.6 Å². The number of carbonyl (C=O) groups is 1. The molecule has 1 N–H and O–H groups in total. The molecule has 1 aromatic carbocycles. The second-order valence-corrected chi connectivity index (χ2v) is 7.26. The smallest absolute Gasteiger partial charge is 0.244 e. The minimum atomic E-state index is -0.0755. The summed E-state index contributed by atoms with van der Waals surface area (Å²) in [5, 5.41) is 2.93. The highest BCUT2D eigenvalue weighted by atomic mass is 16.3. The third kappa shape index (κ3) is 5.60. The van der Waals surface area contributed by atoms with Crippen molar-refractivity contribution in [2.45, 2.75) is 32.2 Å². The summed E-state index contributed by atoms with van der Waals surface area (Å²) in [6.07, 6.45) is 5.42. The van der Waals surface area contributed by atoms with Gasteiger partial charge in [-0.2, -0.15) is 0 Å². The SMILES string of the molecule is C[C@H]1C[C@H]1c1ccc(/C=C/C(=O)NCCCN(C)Cc2ccccc2)o1. The maximum Gasteiger partial charge on any atom is 0.244 e. The fourth-order valence-electron chi connectivity index (χ4n) is 3.13. The summed E-state index contributed by atoms with van der Waals surface area (Å²) in [4.78, 5) is 14.2. The van der Waals surface area contributed by atoms with Crippen molar-refractivity contribution in [3.63, 3.8) is 0 Å². The van der Waals surface area contributed by atoms with Crippen LogP contribution in [0, 0.1) is 5.92 Å². The molecule has 2 aromatic rings. The first-order valence-electron chi connectivity index (χ1n) is 9.40. The molecule has 1 heterocycles. The van der Waals surface area contributed by atoms with Crippen LogP contribution in [-0.2, 0) is 11.3 Å². The van der Waals surface area contributed by atoms with Gasteiger partial charge in [0.15, 0.2) is 0 Å². The van der Waals surface area contributed by atoms with Gasteiger partial charge in [0.25, 0.3) is 0 Å². The summed E-state index contributed by atoms with van der Waals surface area (Å²) in [6, 6.07) is 14.4. The van der Waals surface area contributed by atoms with Crippen LogP contribution in [0.1, 0.15) is 42.8 Å². The molecule has 0 spiro atoms. The minimum absolute atomic E-state index is 0.0755. The summed E-state index contributed by atoms with van der Waals surface area (Å²) in [5.74, 6) is 3.00. The van der Waals surface area contributed by atoms with Gasteiger partial charge >= 0.3 is 0 Å². The van der Waals surface area contributed by atoms with E-state index in [4.69, 9.17) is 4.42 Å². The van der Waals surface area contributed by atoms with Crippen LogP contribution < -0.4 is 5.32 Å². The number of carbonyl (C=O) groups excluding carboxylic acids is 1. The molecular formula is C22H28N2O2. The van der Waals surface area contributed by atoms with Gasteiger partial charge in [0.2, 0.25) is 5.91 Å².